The van der Waals surface area contributed by atoms with Gasteiger partial charge >= 0.3 is 0 Å². The Bertz CT molecular complexity index is 512. The first-order valence-electron chi connectivity index (χ1n) is 6.93. The van der Waals surface area contributed by atoms with Crippen LogP contribution in [0.4, 0.5) is 0 Å². The van der Waals surface area contributed by atoms with Gasteiger partial charge in [-0.2, -0.15) is 0 Å². The molecule has 2 fully saturated rings. The van der Waals surface area contributed by atoms with E-state index in [0.29, 0.717) is 18.7 Å². The van der Waals surface area contributed by atoms with Gasteiger partial charge in [-0.15, -0.1) is 0 Å². The molecule has 0 radical (unpaired) electrons. The summed E-state index contributed by atoms with van der Waals surface area (Å²) in [6.07, 6.45) is 5.97. The molecule has 19 heavy (non-hydrogen) atoms. The van der Waals surface area contributed by atoms with E-state index in [1.54, 1.807) is 0 Å². The van der Waals surface area contributed by atoms with Gasteiger partial charge in [-0.25, -0.2) is 16.8 Å². The summed E-state index contributed by atoms with van der Waals surface area (Å²) in [6.45, 7) is 0.476. The van der Waals surface area contributed by atoms with E-state index >= 15 is 0 Å². The minimum absolute atomic E-state index is 0.143. The maximum Gasteiger partial charge on any atom is 0.154 e. The molecule has 1 N–H and O–H groups in total. The highest BCUT2D eigenvalue weighted by Gasteiger charge is 2.33. The van der Waals surface area contributed by atoms with Crippen molar-refractivity contribution in [2.75, 3.05) is 18.6 Å². The van der Waals surface area contributed by atoms with Crippen molar-refractivity contribution < 1.29 is 16.8 Å². The summed E-state index contributed by atoms with van der Waals surface area (Å²) in [4.78, 5) is 0. The van der Waals surface area contributed by atoms with Gasteiger partial charge in [0, 0.05) is 18.8 Å². The van der Waals surface area contributed by atoms with Crippen molar-refractivity contribution in [1.82, 2.24) is 5.32 Å². The van der Waals surface area contributed by atoms with Crippen LogP contribution in [0.2, 0.25) is 0 Å². The van der Waals surface area contributed by atoms with E-state index in [0.717, 1.165) is 32.1 Å². The van der Waals surface area contributed by atoms with Crippen molar-refractivity contribution in [2.24, 2.45) is 0 Å². The molecule has 5 nitrogen and oxygen atoms in total. The van der Waals surface area contributed by atoms with Crippen LogP contribution in [0, 0.1) is 0 Å². The Balaban J connectivity index is 1.87. The van der Waals surface area contributed by atoms with Gasteiger partial charge in [-0.1, -0.05) is 6.42 Å². The fraction of sp³-hybridized carbons (Fsp3) is 1.00. The Kier molecular flexibility index (Phi) is 4.57. The Labute approximate surface area is 116 Å². The van der Waals surface area contributed by atoms with Crippen LogP contribution in [0.3, 0.4) is 0 Å². The van der Waals surface area contributed by atoms with E-state index in [1.165, 1.54) is 6.26 Å². The van der Waals surface area contributed by atoms with Crippen LogP contribution in [0.1, 0.15) is 38.5 Å². The predicted octanol–water partition coefficient (Wildman–Crippen LogP) is 0.509. The lowest BCUT2D eigenvalue weighted by molar-refractivity contribution is 0.370. The second-order valence-electron chi connectivity index (χ2n) is 5.85. The van der Waals surface area contributed by atoms with Crippen LogP contribution in [0.15, 0.2) is 0 Å². The van der Waals surface area contributed by atoms with Gasteiger partial charge in [0.1, 0.15) is 9.84 Å². The third kappa shape index (κ3) is 3.92. The fourth-order valence-electron chi connectivity index (χ4n) is 3.10. The molecule has 7 heteroatoms. The van der Waals surface area contributed by atoms with E-state index < -0.39 is 19.7 Å². The molecule has 0 spiro atoms. The second-order valence-corrected chi connectivity index (χ2v) is 10.6. The second kappa shape index (κ2) is 5.69. The first-order valence-corrected chi connectivity index (χ1v) is 10.6. The van der Waals surface area contributed by atoms with Gasteiger partial charge in [0.15, 0.2) is 9.84 Å². The van der Waals surface area contributed by atoms with Crippen LogP contribution in [-0.2, 0) is 19.7 Å². The highest BCUT2D eigenvalue weighted by Crippen LogP contribution is 2.25. The van der Waals surface area contributed by atoms with Crippen LogP contribution < -0.4 is 5.32 Å². The number of sulfone groups is 2. The van der Waals surface area contributed by atoms with E-state index in [1.807, 2.05) is 0 Å². The van der Waals surface area contributed by atoms with Crippen LogP contribution >= 0.6 is 0 Å². The van der Waals surface area contributed by atoms with E-state index in [9.17, 15) is 16.8 Å². The molecule has 2 rings (SSSR count). The normalized spacial score (nSPS) is 35.3. The Morgan fingerprint density at radius 3 is 2.47 bits per heavy atom. The third-order valence-corrected chi connectivity index (χ3v) is 8.24. The van der Waals surface area contributed by atoms with Gasteiger partial charge in [-0.05, 0) is 32.1 Å². The monoisotopic (exact) mass is 309 g/mol. The third-order valence-electron chi connectivity index (χ3n) is 4.33. The number of rotatable bonds is 4. The zero-order chi connectivity index (χ0) is 14.1. The van der Waals surface area contributed by atoms with Crippen molar-refractivity contribution in [2.45, 2.75) is 55.1 Å². The fourth-order valence-corrected chi connectivity index (χ4v) is 6.06. The van der Waals surface area contributed by atoms with E-state index in [-0.39, 0.29) is 16.5 Å². The summed E-state index contributed by atoms with van der Waals surface area (Å²) in [5.74, 6) is 0.302. The Morgan fingerprint density at radius 1 is 1.16 bits per heavy atom. The van der Waals surface area contributed by atoms with Crippen molar-refractivity contribution in [3.8, 4) is 0 Å². The lowest BCUT2D eigenvalue weighted by atomic mass is 9.95. The molecule has 2 aliphatic rings. The number of hydrogen-bond acceptors (Lipinski definition) is 5. The van der Waals surface area contributed by atoms with Crippen LogP contribution in [0.25, 0.3) is 0 Å². The first-order chi connectivity index (χ1) is 8.79. The number of hydrogen-bond donors (Lipinski definition) is 1. The SMILES string of the molecule is CS(=O)(=O)C1CCCC(NCC2CCCS2(=O)=O)C1. The summed E-state index contributed by atoms with van der Waals surface area (Å²) in [5, 5.41) is 2.74. The van der Waals surface area contributed by atoms with E-state index in [4.69, 9.17) is 0 Å². The molecule has 112 valence electrons. The van der Waals surface area contributed by atoms with Gasteiger partial charge in [0.05, 0.1) is 16.3 Å². The minimum atomic E-state index is -2.98. The number of nitrogens with one attached hydrogen (secondary N) is 1. The lowest BCUT2D eigenvalue weighted by Gasteiger charge is -2.29. The maximum atomic E-state index is 11.7. The molecular weight excluding hydrogens is 286 g/mol. The molecule has 1 heterocycles. The molecule has 0 aromatic carbocycles. The first kappa shape index (κ1) is 15.3. The largest absolute Gasteiger partial charge is 0.313 e. The van der Waals surface area contributed by atoms with Gasteiger partial charge in [0.2, 0.25) is 0 Å². The summed E-state index contributed by atoms with van der Waals surface area (Å²) in [7, 11) is -5.89. The topological polar surface area (TPSA) is 80.3 Å². The predicted molar refractivity (Wildman–Crippen MR) is 75.7 cm³/mol. The molecule has 3 unspecified atom stereocenters. The molecule has 0 amide bonds. The molecule has 1 aliphatic heterocycles. The molecule has 3 atom stereocenters. The Morgan fingerprint density at radius 2 is 1.89 bits per heavy atom. The summed E-state index contributed by atoms with van der Waals surface area (Å²) < 4.78 is 46.6. The zero-order valence-electron chi connectivity index (χ0n) is 11.3. The highest BCUT2D eigenvalue weighted by molar-refractivity contribution is 7.92. The Hall–Kier alpha value is -0.140. The average Bonchev–Trinajstić information content (AvgIpc) is 2.65. The van der Waals surface area contributed by atoms with Crippen molar-refractivity contribution >= 4 is 19.7 Å². The molecule has 0 bridgehead atoms. The molecule has 1 saturated heterocycles. The maximum absolute atomic E-state index is 11.7. The minimum Gasteiger partial charge on any atom is -0.313 e. The lowest BCUT2D eigenvalue weighted by Crippen LogP contribution is -2.42. The smallest absolute Gasteiger partial charge is 0.154 e. The van der Waals surface area contributed by atoms with Gasteiger partial charge in [-0.3, -0.25) is 0 Å². The van der Waals surface area contributed by atoms with Crippen LogP contribution in [0.5, 0.6) is 0 Å². The van der Waals surface area contributed by atoms with Crippen molar-refractivity contribution in [3.63, 3.8) is 0 Å². The molecule has 1 aliphatic carbocycles. The summed E-state index contributed by atoms with van der Waals surface area (Å²) in [6, 6.07) is 0.143. The zero-order valence-corrected chi connectivity index (χ0v) is 13.0. The van der Waals surface area contributed by atoms with Crippen molar-refractivity contribution in [1.29, 1.82) is 0 Å². The van der Waals surface area contributed by atoms with Crippen LogP contribution in [-0.4, -0.2) is 51.9 Å². The average molecular weight is 309 g/mol. The van der Waals surface area contributed by atoms with Gasteiger partial charge < -0.3 is 5.32 Å². The summed E-state index contributed by atoms with van der Waals surface area (Å²) >= 11 is 0. The highest BCUT2D eigenvalue weighted by atomic mass is 32.2. The van der Waals surface area contributed by atoms with Gasteiger partial charge in [0.25, 0.3) is 0 Å². The summed E-state index contributed by atoms with van der Waals surface area (Å²) in [5.41, 5.74) is 0. The molecular formula is C12H23NO4S2. The molecule has 0 aromatic rings. The van der Waals surface area contributed by atoms with E-state index in [2.05, 4.69) is 5.32 Å². The molecule has 0 aromatic heterocycles. The standard InChI is InChI=1S/C12H23NO4S2/c1-18(14,15)11-5-2-4-10(8-11)13-9-12-6-3-7-19(12,16)17/h10-13H,2-9H2,1H3. The van der Waals surface area contributed by atoms with Crippen molar-refractivity contribution in [3.05, 3.63) is 0 Å². The quantitative estimate of drug-likeness (QED) is 0.818. The molecule has 1 saturated carbocycles.